The largest absolute Gasteiger partial charge is 3.00 e. The second-order valence-electron chi connectivity index (χ2n) is 5.33. The van der Waals surface area contributed by atoms with Gasteiger partial charge >= 0.3 is 47.3 Å². The van der Waals surface area contributed by atoms with E-state index in [2.05, 4.69) is 11.1 Å². The Morgan fingerprint density at radius 1 is 1.08 bits per heavy atom. The minimum absolute atomic E-state index is 0. The average Bonchev–Trinajstić information content (AvgIpc) is 3.20. The van der Waals surface area contributed by atoms with Gasteiger partial charge in [0.1, 0.15) is 0 Å². The van der Waals surface area contributed by atoms with E-state index in [1.54, 1.807) is 30.3 Å². The van der Waals surface area contributed by atoms with Crippen LogP contribution in [0.2, 0.25) is 5.02 Å². The minimum atomic E-state index is -0.945. The molecule has 25 heavy (non-hydrogen) atoms. The van der Waals surface area contributed by atoms with Crippen molar-refractivity contribution in [1.82, 2.24) is 4.98 Å². The zero-order valence-electron chi connectivity index (χ0n) is 12.9. The number of aromatic carboxylic acids is 1. The molecule has 2 aromatic heterocycles. The van der Waals surface area contributed by atoms with E-state index in [1.807, 2.05) is 24.3 Å². The first kappa shape index (κ1) is 18.2. The Morgan fingerprint density at radius 3 is 2.48 bits per heavy atom. The van der Waals surface area contributed by atoms with Gasteiger partial charge in [0.25, 0.3) is 0 Å². The van der Waals surface area contributed by atoms with Gasteiger partial charge in [-0.25, -0.2) is 4.79 Å². The molecular formula is C19H11ClNO3Pr+2. The number of nitrogens with one attached hydrogen (secondary N) is 1. The molecule has 0 aliphatic heterocycles. The molecule has 0 fully saturated rings. The maximum Gasteiger partial charge on any atom is 3.00 e. The number of H-pyrrole nitrogens is 1. The SMILES string of the molecule is O=C(O)c1ccc(-c2ccc(-c3oc4[c-]cccc4c3Cl)[nH]2)cc1.[Pr+3]. The number of halogens is 1. The predicted octanol–water partition coefficient (Wildman–Crippen LogP) is 5.25. The third kappa shape index (κ3) is 3.39. The standard InChI is InChI=1S/C19H11ClNO3.Pr/c20-17-13-3-1-2-4-16(13)24-18(17)15-10-9-14(21-15)11-5-7-12(8-6-11)19(22)23;/h1-3,5-10,21H,(H,22,23);/q-1;+3. The second-order valence-corrected chi connectivity index (χ2v) is 5.70. The molecule has 6 heteroatoms. The Bertz CT molecular complexity index is 1050. The number of furan rings is 1. The third-order valence-corrected chi connectivity index (χ3v) is 4.21. The van der Waals surface area contributed by atoms with E-state index < -0.39 is 5.97 Å². The van der Waals surface area contributed by atoms with Crippen molar-refractivity contribution in [2.24, 2.45) is 0 Å². The van der Waals surface area contributed by atoms with Crippen LogP contribution in [0, 0.1) is 47.4 Å². The van der Waals surface area contributed by atoms with Crippen LogP contribution in [-0.2, 0) is 0 Å². The Balaban J connectivity index is 0.00000182. The average molecular weight is 478 g/mol. The summed E-state index contributed by atoms with van der Waals surface area (Å²) in [5.74, 6) is -0.387. The zero-order valence-corrected chi connectivity index (χ0v) is 17.4. The van der Waals surface area contributed by atoms with Crippen LogP contribution in [0.3, 0.4) is 0 Å². The fourth-order valence-corrected chi connectivity index (χ4v) is 2.90. The molecule has 2 heterocycles. The third-order valence-electron chi connectivity index (χ3n) is 3.83. The van der Waals surface area contributed by atoms with E-state index in [0.717, 1.165) is 22.3 Å². The van der Waals surface area contributed by atoms with Crippen LogP contribution < -0.4 is 0 Å². The summed E-state index contributed by atoms with van der Waals surface area (Å²) in [5, 5.41) is 10.3. The molecule has 0 bridgehead atoms. The number of carboxylic acids is 1. The summed E-state index contributed by atoms with van der Waals surface area (Å²) in [6.45, 7) is 0. The van der Waals surface area contributed by atoms with Gasteiger partial charge in [-0.3, -0.25) is 0 Å². The van der Waals surface area contributed by atoms with Gasteiger partial charge in [0.2, 0.25) is 0 Å². The summed E-state index contributed by atoms with van der Waals surface area (Å²) in [6.07, 6.45) is 0. The van der Waals surface area contributed by atoms with Gasteiger partial charge in [-0.2, -0.15) is 18.2 Å². The van der Waals surface area contributed by atoms with Gasteiger partial charge in [0, 0.05) is 16.3 Å². The number of hydrogen-bond acceptors (Lipinski definition) is 2. The molecule has 0 amide bonds. The minimum Gasteiger partial charge on any atom is -0.480 e. The molecule has 4 rings (SSSR count). The maximum atomic E-state index is 10.9. The Hall–Kier alpha value is -1.62. The fraction of sp³-hybridized carbons (Fsp3) is 0. The molecule has 4 nitrogen and oxygen atoms in total. The zero-order chi connectivity index (χ0) is 16.7. The molecule has 4 aromatic rings. The Morgan fingerprint density at radius 2 is 1.80 bits per heavy atom. The van der Waals surface area contributed by atoms with E-state index >= 15 is 0 Å². The molecule has 0 spiro atoms. The number of carbonyl (C=O) groups is 1. The van der Waals surface area contributed by atoms with Crippen molar-refractivity contribution in [1.29, 1.82) is 0 Å². The number of aromatic nitrogens is 1. The topological polar surface area (TPSA) is 66.2 Å². The van der Waals surface area contributed by atoms with Crippen molar-refractivity contribution < 1.29 is 55.6 Å². The van der Waals surface area contributed by atoms with Crippen LogP contribution in [0.4, 0.5) is 0 Å². The molecule has 118 valence electrons. The molecule has 0 aliphatic rings. The quantitative estimate of drug-likeness (QED) is 0.396. The van der Waals surface area contributed by atoms with Crippen LogP contribution >= 0.6 is 11.6 Å². The van der Waals surface area contributed by atoms with Crippen molar-refractivity contribution in [2.45, 2.75) is 0 Å². The molecule has 0 radical (unpaired) electrons. The number of aromatic amines is 1. The molecule has 2 aromatic carbocycles. The number of carboxylic acid groups (broad SMARTS) is 1. The molecule has 2 N–H and O–H groups in total. The molecule has 0 atom stereocenters. The van der Waals surface area contributed by atoms with E-state index in [1.165, 1.54) is 0 Å². The molecule has 0 aliphatic carbocycles. The van der Waals surface area contributed by atoms with E-state index in [0.29, 0.717) is 16.4 Å². The van der Waals surface area contributed by atoms with Crippen LogP contribution in [-0.4, -0.2) is 16.1 Å². The number of hydrogen-bond donors (Lipinski definition) is 2. The Labute approximate surface area is 181 Å². The van der Waals surface area contributed by atoms with Gasteiger partial charge in [-0.1, -0.05) is 29.1 Å². The van der Waals surface area contributed by atoms with Crippen molar-refractivity contribution in [3.05, 3.63) is 71.2 Å². The normalized spacial score (nSPS) is 10.6. The van der Waals surface area contributed by atoms with Crippen LogP contribution in [0.15, 0.2) is 59.0 Å². The van der Waals surface area contributed by atoms with E-state index in [9.17, 15) is 4.79 Å². The predicted molar refractivity (Wildman–Crippen MR) is 92.2 cm³/mol. The first-order chi connectivity index (χ1) is 11.6. The van der Waals surface area contributed by atoms with Crippen LogP contribution in [0.5, 0.6) is 0 Å². The molecular weight excluding hydrogens is 467 g/mol. The van der Waals surface area contributed by atoms with Gasteiger partial charge in [0.05, 0.1) is 11.3 Å². The summed E-state index contributed by atoms with van der Waals surface area (Å²) >= 11 is 6.40. The van der Waals surface area contributed by atoms with Crippen molar-refractivity contribution >= 4 is 28.5 Å². The second kappa shape index (κ2) is 7.32. The fourth-order valence-electron chi connectivity index (χ4n) is 2.61. The van der Waals surface area contributed by atoms with Crippen molar-refractivity contribution in [3.8, 4) is 22.7 Å². The van der Waals surface area contributed by atoms with E-state index in [-0.39, 0.29) is 46.9 Å². The summed E-state index contributed by atoms with van der Waals surface area (Å²) in [4.78, 5) is 14.2. The van der Waals surface area contributed by atoms with Gasteiger partial charge in [-0.15, -0.1) is 6.07 Å². The first-order valence-electron chi connectivity index (χ1n) is 7.25. The van der Waals surface area contributed by atoms with Gasteiger partial charge in [0.15, 0.2) is 5.76 Å². The Kier molecular flexibility index (Phi) is 5.33. The molecule has 0 unspecified atom stereocenters. The monoisotopic (exact) mass is 477 g/mol. The van der Waals surface area contributed by atoms with E-state index in [4.69, 9.17) is 21.1 Å². The smallest absolute Gasteiger partial charge is 0.480 e. The maximum absolute atomic E-state index is 10.9. The van der Waals surface area contributed by atoms with Crippen molar-refractivity contribution in [2.75, 3.05) is 0 Å². The van der Waals surface area contributed by atoms with Gasteiger partial charge < -0.3 is 14.5 Å². The summed E-state index contributed by atoms with van der Waals surface area (Å²) in [5.41, 5.74) is 3.34. The van der Waals surface area contributed by atoms with Crippen LogP contribution in [0.25, 0.3) is 33.7 Å². The first-order valence-corrected chi connectivity index (χ1v) is 7.63. The van der Waals surface area contributed by atoms with Gasteiger partial charge in [-0.05, 0) is 29.8 Å². The summed E-state index contributed by atoms with van der Waals surface area (Å²) in [7, 11) is 0. The summed E-state index contributed by atoms with van der Waals surface area (Å²) < 4.78 is 5.79. The number of fused-ring (bicyclic) bond motifs is 1. The number of rotatable bonds is 3. The summed E-state index contributed by atoms with van der Waals surface area (Å²) in [6, 6.07) is 19.0. The molecule has 0 saturated carbocycles. The number of para-hydroxylation sites is 1. The van der Waals surface area contributed by atoms with Crippen molar-refractivity contribution in [3.63, 3.8) is 0 Å². The van der Waals surface area contributed by atoms with Crippen LogP contribution in [0.1, 0.15) is 10.4 Å². The molecule has 0 saturated heterocycles. The number of benzene rings is 2.